The van der Waals surface area contributed by atoms with Crippen LogP contribution in [-0.4, -0.2) is 0 Å². The van der Waals surface area contributed by atoms with Gasteiger partial charge in [0.2, 0.25) is 0 Å². The summed E-state index contributed by atoms with van der Waals surface area (Å²) in [6, 6.07) is 28.4. The van der Waals surface area contributed by atoms with Gasteiger partial charge in [0.05, 0.1) is 11.4 Å². The zero-order valence-electron chi connectivity index (χ0n) is 17.0. The summed E-state index contributed by atoms with van der Waals surface area (Å²) < 4.78 is 0. The number of benzene rings is 3. The Balaban J connectivity index is 1.82. The number of hydrogen-bond donors (Lipinski definition) is 0. The van der Waals surface area contributed by atoms with Crippen LogP contribution in [0.3, 0.4) is 0 Å². The highest BCUT2D eigenvalue weighted by Gasteiger charge is 2.33. The van der Waals surface area contributed by atoms with Gasteiger partial charge >= 0.3 is 0 Å². The standard InChI is InChI=1S/C27H21ClN2O/c28-21-14-16-22(17-15-21)30-26(20-10-5-2-6-11-20)18-24(19-8-3-1-4-9-19)23-12-7-13-25(29-31)27(23)30/h1-6,8-11,14-18H,7,12-13H2. The first-order valence-corrected chi connectivity index (χ1v) is 10.8. The number of fused-ring (bicyclic) bond motifs is 1. The smallest absolute Gasteiger partial charge is 0.109 e. The zero-order chi connectivity index (χ0) is 21.2. The first-order valence-electron chi connectivity index (χ1n) is 10.4. The van der Waals surface area contributed by atoms with Crippen molar-refractivity contribution >= 4 is 28.6 Å². The second-order valence-corrected chi connectivity index (χ2v) is 8.14. The number of anilines is 1. The fourth-order valence-corrected chi connectivity index (χ4v) is 4.55. The van der Waals surface area contributed by atoms with Crippen molar-refractivity contribution in [1.29, 1.82) is 0 Å². The molecule has 0 spiro atoms. The summed E-state index contributed by atoms with van der Waals surface area (Å²) in [5, 5.41) is 4.16. The van der Waals surface area contributed by atoms with E-state index in [0.717, 1.165) is 46.6 Å². The molecule has 0 amide bonds. The molecule has 1 aliphatic heterocycles. The molecule has 0 aromatic heterocycles. The van der Waals surface area contributed by atoms with Gasteiger partial charge in [-0.2, -0.15) is 0 Å². The van der Waals surface area contributed by atoms with Crippen LogP contribution in [-0.2, 0) is 0 Å². The maximum absolute atomic E-state index is 11.9. The molecule has 5 rings (SSSR count). The van der Waals surface area contributed by atoms with Crippen molar-refractivity contribution in [2.24, 2.45) is 5.18 Å². The van der Waals surface area contributed by atoms with Crippen molar-refractivity contribution in [3.63, 3.8) is 0 Å². The summed E-state index contributed by atoms with van der Waals surface area (Å²) >= 11 is 6.18. The van der Waals surface area contributed by atoms with E-state index in [1.807, 2.05) is 48.5 Å². The van der Waals surface area contributed by atoms with Gasteiger partial charge in [-0.1, -0.05) is 72.3 Å². The molecule has 0 atom stereocenters. The van der Waals surface area contributed by atoms with Gasteiger partial charge in [0.15, 0.2) is 0 Å². The Kier molecular flexibility index (Phi) is 5.27. The Morgan fingerprint density at radius 1 is 0.774 bits per heavy atom. The fourth-order valence-electron chi connectivity index (χ4n) is 4.42. The van der Waals surface area contributed by atoms with Crippen LogP contribution in [0.2, 0.25) is 5.02 Å². The van der Waals surface area contributed by atoms with Crippen molar-refractivity contribution in [2.45, 2.75) is 19.3 Å². The molecule has 3 aromatic rings. The van der Waals surface area contributed by atoms with E-state index < -0.39 is 0 Å². The number of hydrogen-bond acceptors (Lipinski definition) is 3. The van der Waals surface area contributed by atoms with Crippen LogP contribution in [0.5, 0.6) is 0 Å². The average molecular weight is 425 g/mol. The van der Waals surface area contributed by atoms with Crippen molar-refractivity contribution in [3.8, 4) is 0 Å². The van der Waals surface area contributed by atoms with E-state index in [1.54, 1.807) is 0 Å². The lowest BCUT2D eigenvalue weighted by Crippen LogP contribution is -2.28. The lowest BCUT2D eigenvalue weighted by atomic mass is 9.84. The molecule has 3 nitrogen and oxygen atoms in total. The summed E-state index contributed by atoms with van der Waals surface area (Å²) in [5.74, 6) is 0. The van der Waals surface area contributed by atoms with E-state index in [0.29, 0.717) is 17.1 Å². The van der Waals surface area contributed by atoms with Gasteiger partial charge in [0, 0.05) is 10.7 Å². The number of allylic oxidation sites excluding steroid dienone is 4. The second kappa shape index (κ2) is 8.37. The Bertz CT molecular complexity index is 1210. The highest BCUT2D eigenvalue weighted by atomic mass is 35.5. The first-order chi connectivity index (χ1) is 15.3. The number of nitrogens with zero attached hydrogens (tertiary/aromatic N) is 2. The summed E-state index contributed by atoms with van der Waals surface area (Å²) in [5.41, 5.74) is 8.03. The molecule has 4 heteroatoms. The maximum atomic E-state index is 11.9. The summed E-state index contributed by atoms with van der Waals surface area (Å²) in [4.78, 5) is 14.1. The summed E-state index contributed by atoms with van der Waals surface area (Å²) in [6.07, 6.45) is 4.74. The largest absolute Gasteiger partial charge is 0.308 e. The second-order valence-electron chi connectivity index (χ2n) is 7.71. The van der Waals surface area contributed by atoms with Crippen LogP contribution in [0, 0.1) is 4.91 Å². The third-order valence-corrected chi connectivity index (χ3v) is 6.07. The average Bonchev–Trinajstić information content (AvgIpc) is 2.84. The lowest BCUT2D eigenvalue weighted by molar-refractivity contribution is 0.745. The van der Waals surface area contributed by atoms with Crippen molar-refractivity contribution < 1.29 is 0 Å². The molecule has 0 saturated heterocycles. The third kappa shape index (κ3) is 3.62. The molecule has 0 fully saturated rings. The van der Waals surface area contributed by atoms with E-state index in [4.69, 9.17) is 11.6 Å². The number of rotatable bonds is 4. The number of halogens is 1. The van der Waals surface area contributed by atoms with E-state index in [1.165, 1.54) is 5.57 Å². The third-order valence-electron chi connectivity index (χ3n) is 5.82. The highest BCUT2D eigenvalue weighted by Crippen LogP contribution is 2.47. The molecule has 31 heavy (non-hydrogen) atoms. The molecule has 1 heterocycles. The first kappa shape index (κ1) is 19.5. The monoisotopic (exact) mass is 424 g/mol. The summed E-state index contributed by atoms with van der Waals surface area (Å²) in [6.45, 7) is 0. The minimum atomic E-state index is 0.603. The molecule has 0 bridgehead atoms. The SMILES string of the molecule is O=NC1=C2C(=C(c3ccccc3)C=C(c3ccccc3)N2c2ccc(Cl)cc2)CCC1. The van der Waals surface area contributed by atoms with Gasteiger partial charge in [-0.3, -0.25) is 0 Å². The van der Waals surface area contributed by atoms with E-state index in [9.17, 15) is 4.91 Å². The van der Waals surface area contributed by atoms with E-state index in [2.05, 4.69) is 52.6 Å². The van der Waals surface area contributed by atoms with Crippen LogP contribution in [0.1, 0.15) is 30.4 Å². The maximum Gasteiger partial charge on any atom is 0.109 e. The summed E-state index contributed by atoms with van der Waals surface area (Å²) in [7, 11) is 0. The van der Waals surface area contributed by atoms with Gasteiger partial charge < -0.3 is 4.90 Å². The molecule has 3 aromatic carbocycles. The Morgan fingerprint density at radius 3 is 2.06 bits per heavy atom. The Labute approximate surface area is 187 Å². The minimum absolute atomic E-state index is 0.603. The van der Waals surface area contributed by atoms with Gasteiger partial charge in [-0.05, 0) is 77.1 Å². The van der Waals surface area contributed by atoms with Gasteiger partial charge in [-0.15, -0.1) is 4.91 Å². The fraction of sp³-hybridized carbons (Fsp3) is 0.111. The van der Waals surface area contributed by atoms with Gasteiger partial charge in [0.25, 0.3) is 0 Å². The predicted octanol–water partition coefficient (Wildman–Crippen LogP) is 7.82. The van der Waals surface area contributed by atoms with Gasteiger partial charge in [0.1, 0.15) is 5.70 Å². The topological polar surface area (TPSA) is 32.7 Å². The molecule has 0 N–H and O–H groups in total. The van der Waals surface area contributed by atoms with Crippen LogP contribution < -0.4 is 4.90 Å². The van der Waals surface area contributed by atoms with Gasteiger partial charge in [-0.25, -0.2) is 0 Å². The van der Waals surface area contributed by atoms with E-state index >= 15 is 0 Å². The van der Waals surface area contributed by atoms with Crippen molar-refractivity contribution in [3.05, 3.63) is 129 Å². The van der Waals surface area contributed by atoms with Crippen LogP contribution in [0.15, 0.2) is 113 Å². The molecule has 0 radical (unpaired) electrons. The molecule has 2 aliphatic rings. The molecule has 0 saturated carbocycles. The highest BCUT2D eigenvalue weighted by molar-refractivity contribution is 6.30. The van der Waals surface area contributed by atoms with Crippen molar-refractivity contribution in [2.75, 3.05) is 4.90 Å². The molecule has 0 unspecified atom stereocenters. The predicted molar refractivity (Wildman–Crippen MR) is 128 cm³/mol. The normalized spacial score (nSPS) is 16.2. The molecular formula is C27H21ClN2O. The van der Waals surface area contributed by atoms with Crippen LogP contribution >= 0.6 is 11.6 Å². The quantitative estimate of drug-likeness (QED) is 0.400. The Hall–Kier alpha value is -3.43. The number of nitroso groups, excluding NO2 is 1. The molecular weight excluding hydrogens is 404 g/mol. The molecule has 1 aliphatic carbocycles. The van der Waals surface area contributed by atoms with Crippen LogP contribution in [0.4, 0.5) is 5.69 Å². The molecule has 152 valence electrons. The zero-order valence-corrected chi connectivity index (χ0v) is 17.7. The van der Waals surface area contributed by atoms with Crippen molar-refractivity contribution in [1.82, 2.24) is 0 Å². The van der Waals surface area contributed by atoms with Crippen LogP contribution in [0.25, 0.3) is 11.3 Å². The minimum Gasteiger partial charge on any atom is -0.308 e. The lowest BCUT2D eigenvalue weighted by Gasteiger charge is -2.38. The van der Waals surface area contributed by atoms with E-state index in [-0.39, 0.29) is 0 Å². The Morgan fingerprint density at radius 2 is 1.42 bits per heavy atom.